The van der Waals surface area contributed by atoms with Crippen molar-refractivity contribution in [3.63, 3.8) is 0 Å². The second kappa shape index (κ2) is 10.2. The Balaban J connectivity index is 1.46. The number of benzene rings is 1. The number of aromatic nitrogens is 4. The molecule has 196 valence electrons. The molecule has 3 fully saturated rings. The fourth-order valence-electron chi connectivity index (χ4n) is 6.92. The number of rotatable bonds is 10. The van der Waals surface area contributed by atoms with Crippen LogP contribution in [0.5, 0.6) is 0 Å². The van der Waals surface area contributed by atoms with Crippen LogP contribution in [0.2, 0.25) is 0 Å². The summed E-state index contributed by atoms with van der Waals surface area (Å²) < 4.78 is 2.47. The molecule has 0 saturated heterocycles. The zero-order chi connectivity index (χ0) is 25.4. The number of hydrogen-bond donors (Lipinski definition) is 1. The lowest BCUT2D eigenvalue weighted by Crippen LogP contribution is -2.33. The van der Waals surface area contributed by atoms with Crippen molar-refractivity contribution < 1.29 is 4.79 Å². The molecule has 3 saturated carbocycles. The summed E-state index contributed by atoms with van der Waals surface area (Å²) in [7, 11) is 0. The van der Waals surface area contributed by atoms with E-state index < -0.39 is 0 Å². The average Bonchev–Trinajstić information content (AvgIpc) is 3.64. The summed E-state index contributed by atoms with van der Waals surface area (Å²) in [6.07, 6.45) is 14.3. The molecule has 6 nitrogen and oxygen atoms in total. The van der Waals surface area contributed by atoms with Crippen LogP contribution < -0.4 is 5.32 Å². The van der Waals surface area contributed by atoms with Gasteiger partial charge in [-0.25, -0.2) is 15.0 Å². The van der Waals surface area contributed by atoms with E-state index in [4.69, 9.17) is 9.97 Å². The third-order valence-corrected chi connectivity index (χ3v) is 9.70. The third kappa shape index (κ3) is 4.57. The first-order chi connectivity index (χ1) is 18.1. The summed E-state index contributed by atoms with van der Waals surface area (Å²) in [6.45, 7) is 5.53. The molecule has 2 aromatic heterocycles. The Hall–Kier alpha value is -2.76. The number of hydrogen-bond acceptors (Lipinski definition) is 5. The first-order valence-corrected chi connectivity index (χ1v) is 14.7. The van der Waals surface area contributed by atoms with Crippen LogP contribution in [0.4, 0.5) is 5.82 Å². The molecule has 1 atom stereocenters. The van der Waals surface area contributed by atoms with E-state index in [9.17, 15) is 4.79 Å². The highest BCUT2D eigenvalue weighted by atomic mass is 16.1. The molecule has 3 aromatic rings. The molecule has 3 aliphatic carbocycles. The van der Waals surface area contributed by atoms with Crippen molar-refractivity contribution in [2.24, 2.45) is 17.8 Å². The monoisotopic (exact) mass is 499 g/mol. The number of carbonyl (C=O) groups is 1. The summed E-state index contributed by atoms with van der Waals surface area (Å²) in [5, 5.41) is 3.80. The van der Waals surface area contributed by atoms with E-state index in [1.807, 2.05) is 0 Å². The van der Waals surface area contributed by atoms with Crippen molar-refractivity contribution in [2.75, 3.05) is 5.32 Å². The topological polar surface area (TPSA) is 72.7 Å². The lowest BCUT2D eigenvalue weighted by molar-refractivity contribution is 0.111. The molecule has 6 heteroatoms. The van der Waals surface area contributed by atoms with Gasteiger partial charge < -0.3 is 9.88 Å². The molecule has 3 aliphatic rings. The van der Waals surface area contributed by atoms with E-state index in [0.29, 0.717) is 23.5 Å². The quantitative estimate of drug-likeness (QED) is 0.306. The van der Waals surface area contributed by atoms with Crippen LogP contribution in [0.15, 0.2) is 30.3 Å². The minimum atomic E-state index is -0.0701. The maximum absolute atomic E-state index is 11.9. The van der Waals surface area contributed by atoms with E-state index in [2.05, 4.69) is 59.0 Å². The predicted molar refractivity (Wildman–Crippen MR) is 148 cm³/mol. The maximum Gasteiger partial charge on any atom is 0.196 e. The molecule has 6 rings (SSSR count). The smallest absolute Gasteiger partial charge is 0.196 e. The van der Waals surface area contributed by atoms with Gasteiger partial charge in [-0.1, -0.05) is 69.9 Å². The van der Waals surface area contributed by atoms with Crippen LogP contribution in [0.3, 0.4) is 0 Å². The van der Waals surface area contributed by atoms with Crippen LogP contribution in [0.1, 0.15) is 106 Å². The highest BCUT2D eigenvalue weighted by Gasteiger charge is 2.50. The van der Waals surface area contributed by atoms with Crippen LogP contribution in [0, 0.1) is 17.8 Å². The first-order valence-electron chi connectivity index (χ1n) is 14.7. The SMILES string of the molecule is CCC1CCC(Cn2c(C3(c4ccccc4)CC3)nc3nc(C=O)nc(NC(CC)C4CCC4)c32)CC1. The van der Waals surface area contributed by atoms with Gasteiger partial charge in [-0.2, -0.15) is 0 Å². The average molecular weight is 500 g/mol. The van der Waals surface area contributed by atoms with Gasteiger partial charge in [0.05, 0.1) is 5.41 Å². The van der Waals surface area contributed by atoms with E-state index >= 15 is 0 Å². The van der Waals surface area contributed by atoms with Gasteiger partial charge in [0.2, 0.25) is 0 Å². The fraction of sp³-hybridized carbons (Fsp3) is 0.613. The van der Waals surface area contributed by atoms with Crippen molar-refractivity contribution >= 4 is 23.3 Å². The maximum atomic E-state index is 11.9. The van der Waals surface area contributed by atoms with E-state index in [1.54, 1.807) is 0 Å². The van der Waals surface area contributed by atoms with Gasteiger partial charge in [-0.3, -0.25) is 4.79 Å². The molecule has 0 spiro atoms. The van der Waals surface area contributed by atoms with Gasteiger partial charge in [0.1, 0.15) is 11.3 Å². The molecule has 0 bridgehead atoms. The Kier molecular flexibility index (Phi) is 6.76. The van der Waals surface area contributed by atoms with Gasteiger partial charge in [0.25, 0.3) is 0 Å². The highest BCUT2D eigenvalue weighted by molar-refractivity contribution is 5.87. The van der Waals surface area contributed by atoms with Crippen LogP contribution in [-0.4, -0.2) is 31.8 Å². The van der Waals surface area contributed by atoms with Crippen molar-refractivity contribution in [3.05, 3.63) is 47.5 Å². The van der Waals surface area contributed by atoms with Crippen LogP contribution in [-0.2, 0) is 12.0 Å². The molecule has 1 aromatic carbocycles. The molecular formula is C31H41N5O. The van der Waals surface area contributed by atoms with Crippen molar-refractivity contribution in [1.82, 2.24) is 19.5 Å². The summed E-state index contributed by atoms with van der Waals surface area (Å²) in [5.41, 5.74) is 2.93. The number of nitrogens with zero attached hydrogens (tertiary/aromatic N) is 4. The Bertz CT molecular complexity index is 1240. The number of imidazole rings is 1. The Morgan fingerprint density at radius 1 is 1.00 bits per heavy atom. The second-order valence-electron chi connectivity index (χ2n) is 11.9. The predicted octanol–water partition coefficient (Wildman–Crippen LogP) is 6.93. The molecule has 0 amide bonds. The Labute approximate surface area is 220 Å². The number of fused-ring (bicyclic) bond motifs is 1. The zero-order valence-corrected chi connectivity index (χ0v) is 22.5. The molecule has 0 aliphatic heterocycles. The minimum Gasteiger partial charge on any atom is -0.365 e. The molecule has 0 radical (unpaired) electrons. The van der Waals surface area contributed by atoms with Crippen LogP contribution in [0.25, 0.3) is 11.2 Å². The lowest BCUT2D eigenvalue weighted by Gasteiger charge is -2.34. The highest BCUT2D eigenvalue weighted by Crippen LogP contribution is 2.54. The van der Waals surface area contributed by atoms with E-state index in [-0.39, 0.29) is 11.2 Å². The summed E-state index contributed by atoms with van der Waals surface area (Å²) in [5.74, 6) is 4.33. The van der Waals surface area contributed by atoms with Crippen molar-refractivity contribution in [2.45, 2.75) is 102 Å². The molecule has 1 unspecified atom stereocenters. The third-order valence-electron chi connectivity index (χ3n) is 9.70. The summed E-state index contributed by atoms with van der Waals surface area (Å²) >= 11 is 0. The van der Waals surface area contributed by atoms with E-state index in [0.717, 1.165) is 55.2 Å². The number of anilines is 1. The van der Waals surface area contributed by atoms with Gasteiger partial charge in [0.15, 0.2) is 23.6 Å². The van der Waals surface area contributed by atoms with Gasteiger partial charge in [-0.15, -0.1) is 0 Å². The largest absolute Gasteiger partial charge is 0.365 e. The Morgan fingerprint density at radius 2 is 1.73 bits per heavy atom. The second-order valence-corrected chi connectivity index (χ2v) is 11.9. The van der Waals surface area contributed by atoms with Crippen molar-refractivity contribution in [3.8, 4) is 0 Å². The minimum absolute atomic E-state index is 0.0701. The van der Waals surface area contributed by atoms with Gasteiger partial charge >= 0.3 is 0 Å². The molecular weight excluding hydrogens is 458 g/mol. The summed E-state index contributed by atoms with van der Waals surface area (Å²) in [6, 6.07) is 11.2. The summed E-state index contributed by atoms with van der Waals surface area (Å²) in [4.78, 5) is 26.5. The van der Waals surface area contributed by atoms with E-state index in [1.165, 1.54) is 56.9 Å². The Morgan fingerprint density at radius 3 is 2.32 bits per heavy atom. The van der Waals surface area contributed by atoms with Gasteiger partial charge in [0, 0.05) is 12.6 Å². The first kappa shape index (κ1) is 24.6. The molecule has 1 N–H and O–H groups in total. The fourth-order valence-corrected chi connectivity index (χ4v) is 6.92. The van der Waals surface area contributed by atoms with Crippen LogP contribution >= 0.6 is 0 Å². The van der Waals surface area contributed by atoms with Crippen molar-refractivity contribution in [1.29, 1.82) is 0 Å². The standard InChI is InChI=1S/C31H41N5O/c1-3-21-13-15-22(16-14-21)19-36-27-28(32-25(4-2)23-9-8-10-23)33-26(20-37)34-29(27)35-30(36)31(17-18-31)24-11-6-5-7-12-24/h5-7,11-12,20-23,25H,3-4,8-10,13-19H2,1-2H3,(H,32,33,34). The lowest BCUT2D eigenvalue weighted by atomic mass is 9.79. The van der Waals surface area contributed by atoms with Gasteiger partial charge in [-0.05, 0) is 68.3 Å². The zero-order valence-electron chi connectivity index (χ0n) is 22.5. The number of aldehydes is 1. The molecule has 2 heterocycles. The number of nitrogens with one attached hydrogen (secondary N) is 1. The molecule has 37 heavy (non-hydrogen) atoms. The number of carbonyl (C=O) groups excluding carboxylic acids is 1. The normalized spacial score (nSPS) is 23.9.